The topological polar surface area (TPSA) is 4.93 Å². The lowest BCUT2D eigenvalue weighted by atomic mass is 10.2. The molecule has 1 nitrogen and oxygen atoms in total. The van der Waals surface area contributed by atoms with Crippen molar-refractivity contribution in [3.8, 4) is 5.69 Å². The molecule has 0 spiro atoms. The van der Waals surface area contributed by atoms with Crippen LogP contribution >= 0.6 is 0 Å². The highest BCUT2D eigenvalue weighted by atomic mass is 14.9. The summed E-state index contributed by atoms with van der Waals surface area (Å²) in [5.41, 5.74) is 2.37. The molecule has 0 aliphatic rings. The standard InChI is InChI=1S/C11H10N/c1-10-6-2-3-7-11(10)12-8-4-5-9-12/h2-5,7-9H,1H3. The third kappa shape index (κ3) is 1.14. The molecule has 0 bridgehead atoms. The van der Waals surface area contributed by atoms with Crippen molar-refractivity contribution in [2.75, 3.05) is 0 Å². The molecule has 1 heterocycles. The molecule has 0 aliphatic heterocycles. The first-order valence-electron chi connectivity index (χ1n) is 3.98. The minimum absolute atomic E-state index is 1.17. The van der Waals surface area contributed by atoms with Gasteiger partial charge in [-0.3, -0.25) is 0 Å². The Morgan fingerprint density at radius 2 is 1.92 bits per heavy atom. The van der Waals surface area contributed by atoms with E-state index in [4.69, 9.17) is 0 Å². The van der Waals surface area contributed by atoms with Gasteiger partial charge in [0.1, 0.15) is 0 Å². The van der Waals surface area contributed by atoms with Crippen LogP contribution in [0.3, 0.4) is 0 Å². The van der Waals surface area contributed by atoms with E-state index < -0.39 is 0 Å². The lowest BCUT2D eigenvalue weighted by molar-refractivity contribution is 1.06. The molecule has 0 unspecified atom stereocenters. The van der Waals surface area contributed by atoms with Crippen molar-refractivity contribution in [2.45, 2.75) is 6.92 Å². The van der Waals surface area contributed by atoms with Gasteiger partial charge in [0.2, 0.25) is 0 Å². The Morgan fingerprint density at radius 1 is 1.17 bits per heavy atom. The largest absolute Gasteiger partial charge is 0.324 e. The SMILES string of the molecule is Cc1[c]cccc1-n1cccc1. The Bertz CT molecular complexity index is 360. The molecule has 1 radical (unpaired) electrons. The number of aryl methyl sites for hydroxylation is 1. The van der Waals surface area contributed by atoms with Gasteiger partial charge >= 0.3 is 0 Å². The van der Waals surface area contributed by atoms with Crippen molar-refractivity contribution < 1.29 is 0 Å². The van der Waals surface area contributed by atoms with Crippen LogP contribution in [0.5, 0.6) is 0 Å². The Balaban J connectivity index is 2.55. The van der Waals surface area contributed by atoms with Gasteiger partial charge in [0.25, 0.3) is 0 Å². The molecule has 2 aromatic rings. The fourth-order valence-corrected chi connectivity index (χ4v) is 1.29. The number of hydrogen-bond acceptors (Lipinski definition) is 0. The van der Waals surface area contributed by atoms with Crippen LogP contribution in [0.1, 0.15) is 5.56 Å². The van der Waals surface area contributed by atoms with Crippen molar-refractivity contribution in [3.05, 3.63) is 54.4 Å². The second kappa shape index (κ2) is 2.86. The van der Waals surface area contributed by atoms with Crippen molar-refractivity contribution in [3.63, 3.8) is 0 Å². The third-order valence-corrected chi connectivity index (χ3v) is 1.92. The number of aromatic nitrogens is 1. The molecule has 2 rings (SSSR count). The van der Waals surface area contributed by atoms with E-state index in [0.717, 1.165) is 0 Å². The zero-order valence-corrected chi connectivity index (χ0v) is 6.99. The van der Waals surface area contributed by atoms with E-state index in [0.29, 0.717) is 0 Å². The summed E-state index contributed by atoms with van der Waals surface area (Å²) in [4.78, 5) is 0. The Kier molecular flexibility index (Phi) is 1.71. The lowest BCUT2D eigenvalue weighted by Gasteiger charge is -2.04. The summed E-state index contributed by atoms with van der Waals surface area (Å²) in [5, 5.41) is 0. The first-order valence-corrected chi connectivity index (χ1v) is 3.98. The molecule has 0 atom stereocenters. The maximum atomic E-state index is 3.17. The van der Waals surface area contributed by atoms with Gasteiger partial charge < -0.3 is 4.57 Å². The number of hydrogen-bond donors (Lipinski definition) is 0. The first-order chi connectivity index (χ1) is 5.88. The fourth-order valence-electron chi connectivity index (χ4n) is 1.29. The van der Waals surface area contributed by atoms with Crippen LogP contribution in [-0.2, 0) is 0 Å². The van der Waals surface area contributed by atoms with Gasteiger partial charge in [-0.25, -0.2) is 0 Å². The van der Waals surface area contributed by atoms with Crippen molar-refractivity contribution in [2.24, 2.45) is 0 Å². The van der Waals surface area contributed by atoms with Gasteiger partial charge in [-0.2, -0.15) is 0 Å². The van der Waals surface area contributed by atoms with Gasteiger partial charge in [0, 0.05) is 18.1 Å². The van der Waals surface area contributed by atoms with E-state index in [9.17, 15) is 0 Å². The molecule has 0 fully saturated rings. The summed E-state index contributed by atoms with van der Waals surface area (Å²) < 4.78 is 2.09. The van der Waals surface area contributed by atoms with Crippen LogP contribution in [0.25, 0.3) is 5.69 Å². The third-order valence-electron chi connectivity index (χ3n) is 1.92. The van der Waals surface area contributed by atoms with Gasteiger partial charge in [-0.15, -0.1) is 0 Å². The van der Waals surface area contributed by atoms with Gasteiger partial charge in [0.05, 0.1) is 0 Å². The Morgan fingerprint density at radius 3 is 2.58 bits per heavy atom. The maximum Gasteiger partial charge on any atom is 0.0484 e. The predicted molar refractivity (Wildman–Crippen MR) is 49.3 cm³/mol. The van der Waals surface area contributed by atoms with Crippen LogP contribution in [0.2, 0.25) is 0 Å². The van der Waals surface area contributed by atoms with Crippen molar-refractivity contribution in [1.29, 1.82) is 0 Å². The van der Waals surface area contributed by atoms with Crippen LogP contribution in [0.4, 0.5) is 0 Å². The molecule has 0 saturated heterocycles. The summed E-state index contributed by atoms with van der Waals surface area (Å²) in [6.45, 7) is 2.06. The molecule has 1 aromatic carbocycles. The fraction of sp³-hybridized carbons (Fsp3) is 0.0909. The number of nitrogens with zero attached hydrogens (tertiary/aromatic N) is 1. The monoisotopic (exact) mass is 156 g/mol. The number of rotatable bonds is 1. The van der Waals surface area contributed by atoms with Crippen molar-refractivity contribution >= 4 is 0 Å². The molecule has 0 amide bonds. The zero-order chi connectivity index (χ0) is 8.39. The van der Waals surface area contributed by atoms with Crippen LogP contribution in [0.15, 0.2) is 42.7 Å². The van der Waals surface area contributed by atoms with Crippen LogP contribution < -0.4 is 0 Å². The molecule has 59 valence electrons. The molecule has 0 aliphatic carbocycles. The normalized spacial score (nSPS) is 10.1. The van der Waals surface area contributed by atoms with E-state index in [1.54, 1.807) is 0 Å². The Hall–Kier alpha value is -1.50. The van der Waals surface area contributed by atoms with Crippen molar-refractivity contribution in [1.82, 2.24) is 4.57 Å². The highest BCUT2D eigenvalue weighted by Crippen LogP contribution is 2.11. The minimum Gasteiger partial charge on any atom is -0.324 e. The Labute approximate surface area is 72.3 Å². The van der Waals surface area contributed by atoms with E-state index in [-0.39, 0.29) is 0 Å². The summed E-state index contributed by atoms with van der Waals surface area (Å²) in [7, 11) is 0. The molecule has 12 heavy (non-hydrogen) atoms. The summed E-state index contributed by atoms with van der Waals surface area (Å²) in [6, 6.07) is 13.2. The molecule has 0 saturated carbocycles. The van der Waals surface area contributed by atoms with Crippen LogP contribution in [-0.4, -0.2) is 4.57 Å². The molecular weight excluding hydrogens is 146 g/mol. The summed E-state index contributed by atoms with van der Waals surface area (Å²) >= 11 is 0. The molecule has 0 N–H and O–H groups in total. The van der Waals surface area contributed by atoms with Gasteiger partial charge in [-0.05, 0) is 36.8 Å². The summed E-state index contributed by atoms with van der Waals surface area (Å²) in [6.07, 6.45) is 4.08. The first kappa shape index (κ1) is 7.17. The lowest BCUT2D eigenvalue weighted by Crippen LogP contribution is -1.92. The van der Waals surface area contributed by atoms with E-state index >= 15 is 0 Å². The predicted octanol–water partition coefficient (Wildman–Crippen LogP) is 2.59. The maximum absolute atomic E-state index is 3.17. The summed E-state index contributed by atoms with van der Waals surface area (Å²) in [5.74, 6) is 0. The van der Waals surface area contributed by atoms with Gasteiger partial charge in [-0.1, -0.05) is 12.1 Å². The minimum atomic E-state index is 1.17. The average molecular weight is 156 g/mol. The second-order valence-corrected chi connectivity index (χ2v) is 2.77. The van der Waals surface area contributed by atoms with Crippen LogP contribution in [0, 0.1) is 13.0 Å². The molecule has 1 heteroatoms. The number of benzene rings is 1. The second-order valence-electron chi connectivity index (χ2n) is 2.77. The zero-order valence-electron chi connectivity index (χ0n) is 6.99. The van der Waals surface area contributed by atoms with E-state index in [1.165, 1.54) is 11.3 Å². The highest BCUT2D eigenvalue weighted by molar-refractivity contribution is 5.39. The average Bonchev–Trinajstić information content (AvgIpc) is 2.57. The quantitative estimate of drug-likeness (QED) is 0.598. The molecular formula is C11H10N. The highest BCUT2D eigenvalue weighted by Gasteiger charge is 1.96. The van der Waals surface area contributed by atoms with Gasteiger partial charge in [0.15, 0.2) is 0 Å². The molecule has 1 aromatic heterocycles. The van der Waals surface area contributed by atoms with E-state index in [2.05, 4.69) is 23.6 Å². The van der Waals surface area contributed by atoms with E-state index in [1.807, 2.05) is 36.7 Å². The smallest absolute Gasteiger partial charge is 0.0484 e.